The topological polar surface area (TPSA) is 80.7 Å². The molecule has 6 unspecified atom stereocenters. The van der Waals surface area contributed by atoms with E-state index in [1.54, 1.807) is 0 Å². The molecule has 1 N–H and O–H groups in total. The zero-order chi connectivity index (χ0) is 13.8. The predicted molar refractivity (Wildman–Crippen MR) is 56.6 cm³/mol. The standard InChI is InChI=1S/C11H12F2O5S/c12-11(13,19(15,16)17)9(14)18-8-5-1-4-2-10(4)3-6(8)7(5)10/h4-8H,1-3H2,(H,15,16,17). The van der Waals surface area contributed by atoms with E-state index in [0.29, 0.717) is 17.3 Å². The van der Waals surface area contributed by atoms with Crippen LogP contribution in [0.3, 0.4) is 0 Å². The number of esters is 1. The lowest BCUT2D eigenvalue weighted by Gasteiger charge is -2.60. The van der Waals surface area contributed by atoms with Gasteiger partial charge in [0, 0.05) is 11.8 Å². The van der Waals surface area contributed by atoms with Crippen molar-refractivity contribution in [3.05, 3.63) is 0 Å². The van der Waals surface area contributed by atoms with Crippen molar-refractivity contribution in [2.45, 2.75) is 30.6 Å². The van der Waals surface area contributed by atoms with E-state index >= 15 is 0 Å². The molecule has 0 saturated heterocycles. The Kier molecular flexibility index (Phi) is 1.87. The zero-order valence-corrected chi connectivity index (χ0v) is 10.6. The molecule has 106 valence electrons. The number of alkyl halides is 2. The Morgan fingerprint density at radius 1 is 1.32 bits per heavy atom. The molecule has 8 heteroatoms. The third kappa shape index (κ3) is 1.18. The van der Waals surface area contributed by atoms with Crippen LogP contribution in [0.2, 0.25) is 0 Å². The number of halogens is 2. The van der Waals surface area contributed by atoms with Crippen molar-refractivity contribution in [2.24, 2.45) is 29.1 Å². The molecule has 4 saturated carbocycles. The van der Waals surface area contributed by atoms with Crippen LogP contribution in [0, 0.1) is 29.1 Å². The molecule has 0 aliphatic heterocycles. The van der Waals surface area contributed by atoms with Gasteiger partial charge >= 0.3 is 21.3 Å². The summed E-state index contributed by atoms with van der Waals surface area (Å²) in [6.07, 6.45) is 2.39. The molecule has 4 rings (SSSR count). The summed E-state index contributed by atoms with van der Waals surface area (Å²) in [5, 5.41) is -4.87. The Labute approximate surface area is 108 Å². The van der Waals surface area contributed by atoms with Crippen LogP contribution >= 0.6 is 0 Å². The molecule has 0 radical (unpaired) electrons. The molecule has 4 fully saturated rings. The third-order valence-corrected chi connectivity index (χ3v) is 6.50. The number of hydrogen-bond acceptors (Lipinski definition) is 4. The molecule has 4 aliphatic rings. The van der Waals surface area contributed by atoms with Gasteiger partial charge in [0.2, 0.25) is 0 Å². The van der Waals surface area contributed by atoms with Crippen LogP contribution in [0.15, 0.2) is 0 Å². The SMILES string of the molecule is O=C(OC1C2CC3CC34CC1C24)C(F)(F)S(=O)(=O)O. The average Bonchev–Trinajstić information content (AvgIpc) is 2.93. The lowest BCUT2D eigenvalue weighted by atomic mass is 9.46. The van der Waals surface area contributed by atoms with Crippen LogP contribution in [-0.2, 0) is 19.6 Å². The summed E-state index contributed by atoms with van der Waals surface area (Å²) in [5.74, 6) is -0.809. The fourth-order valence-electron chi connectivity index (χ4n) is 4.87. The summed E-state index contributed by atoms with van der Waals surface area (Å²) in [5.41, 5.74) is 0.407. The lowest BCUT2D eigenvalue weighted by Crippen LogP contribution is -2.62. The van der Waals surface area contributed by atoms with Crippen LogP contribution in [-0.4, -0.2) is 30.3 Å². The highest BCUT2D eigenvalue weighted by Gasteiger charge is 2.82. The molecule has 0 aromatic carbocycles. The van der Waals surface area contributed by atoms with E-state index in [1.165, 1.54) is 6.42 Å². The fraction of sp³-hybridized carbons (Fsp3) is 0.909. The predicted octanol–water partition coefficient (Wildman–Crippen LogP) is 1.05. The summed E-state index contributed by atoms with van der Waals surface area (Å²) in [6, 6.07) is 0. The second-order valence-corrected chi connectivity index (χ2v) is 7.75. The summed E-state index contributed by atoms with van der Waals surface area (Å²) in [6.45, 7) is 0. The molecule has 0 amide bonds. The highest BCUT2D eigenvalue weighted by molar-refractivity contribution is 7.87. The Hall–Kier alpha value is -0.760. The van der Waals surface area contributed by atoms with Crippen molar-refractivity contribution >= 4 is 16.1 Å². The second-order valence-electron chi connectivity index (χ2n) is 6.29. The maximum Gasteiger partial charge on any atom is 0.465 e. The van der Waals surface area contributed by atoms with E-state index in [4.69, 9.17) is 4.55 Å². The molecule has 0 aromatic rings. The first-order valence-electron chi connectivity index (χ1n) is 6.24. The van der Waals surface area contributed by atoms with Gasteiger partial charge in [0.25, 0.3) is 0 Å². The number of carbonyl (C=O) groups excluding carboxylic acids is 1. The third-order valence-electron chi connectivity index (χ3n) is 5.69. The van der Waals surface area contributed by atoms with Gasteiger partial charge in [-0.3, -0.25) is 4.55 Å². The van der Waals surface area contributed by atoms with Crippen LogP contribution in [0.5, 0.6) is 0 Å². The average molecular weight is 294 g/mol. The van der Waals surface area contributed by atoms with E-state index in [-0.39, 0.29) is 11.8 Å². The lowest BCUT2D eigenvalue weighted by molar-refractivity contribution is -0.222. The van der Waals surface area contributed by atoms with Crippen molar-refractivity contribution in [1.82, 2.24) is 0 Å². The Morgan fingerprint density at radius 3 is 2.63 bits per heavy atom. The Balaban J connectivity index is 1.48. The van der Waals surface area contributed by atoms with Crippen LogP contribution in [0.4, 0.5) is 8.78 Å². The van der Waals surface area contributed by atoms with Gasteiger partial charge in [-0.2, -0.15) is 17.2 Å². The maximum absolute atomic E-state index is 13.1. The molecule has 19 heavy (non-hydrogen) atoms. The number of hydrogen-bond donors (Lipinski definition) is 1. The summed E-state index contributed by atoms with van der Waals surface area (Å²) >= 11 is 0. The zero-order valence-electron chi connectivity index (χ0n) is 9.75. The van der Waals surface area contributed by atoms with Crippen LogP contribution < -0.4 is 0 Å². The quantitative estimate of drug-likeness (QED) is 0.621. The van der Waals surface area contributed by atoms with Crippen LogP contribution in [0.25, 0.3) is 0 Å². The largest absolute Gasteiger partial charge is 0.465 e. The second kappa shape index (κ2) is 2.95. The highest BCUT2D eigenvalue weighted by Crippen LogP contribution is 2.86. The molecule has 0 bridgehead atoms. The van der Waals surface area contributed by atoms with E-state index in [0.717, 1.165) is 12.8 Å². The molecule has 4 aliphatic carbocycles. The van der Waals surface area contributed by atoms with Gasteiger partial charge in [-0.15, -0.1) is 0 Å². The summed E-state index contributed by atoms with van der Waals surface area (Å²) < 4.78 is 60.2. The summed E-state index contributed by atoms with van der Waals surface area (Å²) in [4.78, 5) is 11.2. The Morgan fingerprint density at radius 2 is 2.00 bits per heavy atom. The van der Waals surface area contributed by atoms with E-state index in [2.05, 4.69) is 4.74 Å². The van der Waals surface area contributed by atoms with Crippen molar-refractivity contribution in [3.8, 4) is 0 Å². The van der Waals surface area contributed by atoms with Gasteiger partial charge in [-0.25, -0.2) is 4.79 Å². The molecule has 5 nitrogen and oxygen atoms in total. The first-order valence-corrected chi connectivity index (χ1v) is 7.68. The highest BCUT2D eigenvalue weighted by atomic mass is 32.2. The van der Waals surface area contributed by atoms with Gasteiger partial charge in [-0.05, 0) is 36.5 Å². The van der Waals surface area contributed by atoms with Crippen molar-refractivity contribution in [2.75, 3.05) is 0 Å². The maximum atomic E-state index is 13.1. The van der Waals surface area contributed by atoms with E-state index < -0.39 is 27.4 Å². The molecule has 0 heterocycles. The first-order chi connectivity index (χ1) is 8.68. The van der Waals surface area contributed by atoms with Crippen molar-refractivity contribution in [1.29, 1.82) is 0 Å². The minimum Gasteiger partial charge on any atom is -0.456 e. The van der Waals surface area contributed by atoms with Gasteiger partial charge in [0.05, 0.1) is 0 Å². The van der Waals surface area contributed by atoms with Crippen molar-refractivity contribution in [3.63, 3.8) is 0 Å². The fourth-order valence-corrected chi connectivity index (χ4v) is 5.12. The van der Waals surface area contributed by atoms with Gasteiger partial charge in [0.15, 0.2) is 0 Å². The number of ether oxygens (including phenoxy) is 1. The van der Waals surface area contributed by atoms with E-state index in [1.807, 2.05) is 0 Å². The first kappa shape index (κ1) is 12.0. The number of carbonyl (C=O) groups is 1. The monoisotopic (exact) mass is 294 g/mol. The van der Waals surface area contributed by atoms with Gasteiger partial charge in [0.1, 0.15) is 6.10 Å². The van der Waals surface area contributed by atoms with Gasteiger partial charge in [-0.1, -0.05) is 0 Å². The Bertz CT molecular complexity index is 588. The normalized spacial score (nSPS) is 49.5. The minimum atomic E-state index is -5.77. The van der Waals surface area contributed by atoms with Crippen molar-refractivity contribution < 1.29 is 31.3 Å². The molecular formula is C11H12F2O5S. The molecule has 6 atom stereocenters. The van der Waals surface area contributed by atoms with Gasteiger partial charge < -0.3 is 4.74 Å². The van der Waals surface area contributed by atoms with E-state index in [9.17, 15) is 22.0 Å². The molecule has 0 aromatic heterocycles. The van der Waals surface area contributed by atoms with Crippen LogP contribution in [0.1, 0.15) is 19.3 Å². The minimum absolute atomic E-state index is 0.110. The molecular weight excluding hydrogens is 282 g/mol. The molecule has 1 spiro atoms. The smallest absolute Gasteiger partial charge is 0.456 e. The summed E-state index contributed by atoms with van der Waals surface area (Å²) in [7, 11) is -5.77. The number of rotatable bonds is 3.